The lowest BCUT2D eigenvalue weighted by Gasteiger charge is -2.09. The fraction of sp³-hybridized carbons (Fsp3) is 0.235. The zero-order valence-electron chi connectivity index (χ0n) is 13.7. The number of benzene rings is 2. The molecule has 6 nitrogen and oxygen atoms in total. The van der Waals surface area contributed by atoms with Crippen LogP contribution in [0.5, 0.6) is 5.75 Å². The second kappa shape index (κ2) is 7.05. The van der Waals surface area contributed by atoms with Crippen LogP contribution in [0, 0.1) is 0 Å². The molecule has 0 saturated heterocycles. The van der Waals surface area contributed by atoms with E-state index in [1.807, 2.05) is 0 Å². The van der Waals surface area contributed by atoms with Gasteiger partial charge in [0.15, 0.2) is 11.4 Å². The van der Waals surface area contributed by atoms with Crippen molar-refractivity contribution in [2.24, 2.45) is 0 Å². The molecule has 1 aliphatic rings. The highest BCUT2D eigenvalue weighted by Crippen LogP contribution is 2.34. The minimum Gasteiger partial charge on any atom is -0.489 e. The molecule has 1 aromatic heterocycles. The van der Waals surface area contributed by atoms with Gasteiger partial charge in [0, 0.05) is 16.7 Å². The van der Waals surface area contributed by atoms with Crippen molar-refractivity contribution in [3.8, 4) is 5.75 Å². The second-order valence-corrected chi connectivity index (χ2v) is 9.36. The van der Waals surface area contributed by atoms with Crippen LogP contribution in [-0.2, 0) is 16.6 Å². The van der Waals surface area contributed by atoms with Crippen molar-refractivity contribution < 1.29 is 17.7 Å². The van der Waals surface area contributed by atoms with Crippen molar-refractivity contribution in [3.05, 3.63) is 51.0 Å². The van der Waals surface area contributed by atoms with E-state index in [0.29, 0.717) is 50.2 Å². The normalized spacial score (nSPS) is 14.5. The molecule has 0 amide bonds. The van der Waals surface area contributed by atoms with E-state index in [-0.39, 0.29) is 17.7 Å². The number of hydrogen-bond donors (Lipinski definition) is 1. The summed E-state index contributed by atoms with van der Waals surface area (Å²) in [4.78, 5) is 0. The molecule has 1 aliphatic carbocycles. The standard InChI is InChI=1S/C17H13Cl3N2O4S/c18-13-4-1-10(6-15(13)20)25-8-9-5-16-12(7-14(9)19)17(21-26-16)22-27(23,24)11-2-3-11/h1,4-7,11H,2-3,8H2,(H,21,22). The van der Waals surface area contributed by atoms with Crippen LogP contribution in [0.3, 0.4) is 0 Å². The Kier molecular flexibility index (Phi) is 4.88. The first kappa shape index (κ1) is 18.7. The summed E-state index contributed by atoms with van der Waals surface area (Å²) in [5, 5.41) is 5.17. The molecule has 1 N–H and O–H groups in total. The van der Waals surface area contributed by atoms with Crippen LogP contribution in [0.2, 0.25) is 15.1 Å². The van der Waals surface area contributed by atoms with Crippen molar-refractivity contribution >= 4 is 61.6 Å². The molecule has 4 rings (SSSR count). The van der Waals surface area contributed by atoms with E-state index < -0.39 is 10.0 Å². The van der Waals surface area contributed by atoms with Crippen LogP contribution in [0.1, 0.15) is 18.4 Å². The van der Waals surface area contributed by atoms with Crippen LogP contribution in [0.4, 0.5) is 5.82 Å². The van der Waals surface area contributed by atoms with Gasteiger partial charge in [0.05, 0.1) is 20.7 Å². The number of ether oxygens (including phenoxy) is 1. The SMILES string of the molecule is O=S(=O)(Nc1noc2cc(COc3ccc(Cl)c(Cl)c3)c(Cl)cc12)C1CC1. The van der Waals surface area contributed by atoms with Gasteiger partial charge in [-0.15, -0.1) is 0 Å². The Balaban J connectivity index is 1.56. The highest BCUT2D eigenvalue weighted by Gasteiger charge is 2.36. The second-order valence-electron chi connectivity index (χ2n) is 6.18. The number of hydrogen-bond acceptors (Lipinski definition) is 5. The fourth-order valence-corrected chi connectivity index (χ4v) is 4.35. The zero-order chi connectivity index (χ0) is 19.2. The molecule has 27 heavy (non-hydrogen) atoms. The Morgan fingerprint density at radius 3 is 2.59 bits per heavy atom. The third-order valence-electron chi connectivity index (χ3n) is 4.13. The number of aromatic nitrogens is 1. The minimum absolute atomic E-state index is 0.135. The topological polar surface area (TPSA) is 81.4 Å². The molecule has 0 radical (unpaired) electrons. The summed E-state index contributed by atoms with van der Waals surface area (Å²) >= 11 is 18.2. The highest BCUT2D eigenvalue weighted by molar-refractivity contribution is 7.93. The van der Waals surface area contributed by atoms with Crippen LogP contribution >= 0.6 is 34.8 Å². The summed E-state index contributed by atoms with van der Waals surface area (Å²) in [6.07, 6.45) is 1.31. The van der Waals surface area contributed by atoms with Gasteiger partial charge in [0.25, 0.3) is 0 Å². The molecular formula is C17H13Cl3N2O4S. The monoisotopic (exact) mass is 446 g/mol. The Morgan fingerprint density at radius 2 is 1.89 bits per heavy atom. The van der Waals surface area contributed by atoms with Crippen LogP contribution in [-0.4, -0.2) is 18.8 Å². The molecule has 0 unspecified atom stereocenters. The maximum absolute atomic E-state index is 12.1. The first-order chi connectivity index (χ1) is 12.8. The van der Waals surface area contributed by atoms with E-state index >= 15 is 0 Å². The first-order valence-electron chi connectivity index (χ1n) is 8.01. The van der Waals surface area contributed by atoms with Gasteiger partial charge in [-0.1, -0.05) is 40.0 Å². The predicted octanol–water partition coefficient (Wildman–Crippen LogP) is 5.27. The maximum Gasteiger partial charge on any atom is 0.236 e. The Bertz CT molecular complexity index is 1130. The Hall–Kier alpha value is -1.67. The van der Waals surface area contributed by atoms with E-state index in [9.17, 15) is 8.42 Å². The summed E-state index contributed by atoms with van der Waals surface area (Å²) in [6.45, 7) is 0.163. The van der Waals surface area contributed by atoms with Crippen LogP contribution in [0.15, 0.2) is 34.9 Å². The van der Waals surface area contributed by atoms with Gasteiger partial charge in [-0.05, 0) is 37.1 Å². The summed E-state index contributed by atoms with van der Waals surface area (Å²) in [7, 11) is -3.44. The average molecular weight is 448 g/mol. The Labute approximate surface area is 170 Å². The molecular weight excluding hydrogens is 435 g/mol. The summed E-state index contributed by atoms with van der Waals surface area (Å²) in [6, 6.07) is 8.21. The first-order valence-corrected chi connectivity index (χ1v) is 10.7. The summed E-state index contributed by atoms with van der Waals surface area (Å²) in [5.74, 6) is 0.673. The lowest BCUT2D eigenvalue weighted by Crippen LogP contribution is -2.17. The van der Waals surface area contributed by atoms with Crippen molar-refractivity contribution in [3.63, 3.8) is 0 Å². The number of anilines is 1. The van der Waals surface area contributed by atoms with Gasteiger partial charge in [-0.2, -0.15) is 0 Å². The quantitative estimate of drug-likeness (QED) is 0.556. The molecule has 0 bridgehead atoms. The molecule has 0 aliphatic heterocycles. The molecule has 3 aromatic rings. The lowest BCUT2D eigenvalue weighted by atomic mass is 10.2. The molecule has 1 heterocycles. The van der Waals surface area contributed by atoms with Gasteiger partial charge in [0.2, 0.25) is 10.0 Å². The van der Waals surface area contributed by atoms with Gasteiger partial charge in [-0.25, -0.2) is 8.42 Å². The molecule has 1 fully saturated rings. The van der Waals surface area contributed by atoms with Gasteiger partial charge >= 0.3 is 0 Å². The number of nitrogens with one attached hydrogen (secondary N) is 1. The van der Waals surface area contributed by atoms with E-state index in [4.69, 9.17) is 44.1 Å². The molecule has 10 heteroatoms. The largest absolute Gasteiger partial charge is 0.489 e. The number of fused-ring (bicyclic) bond motifs is 1. The lowest BCUT2D eigenvalue weighted by molar-refractivity contribution is 0.306. The smallest absolute Gasteiger partial charge is 0.236 e. The van der Waals surface area contributed by atoms with Crippen molar-refractivity contribution in [1.29, 1.82) is 0 Å². The van der Waals surface area contributed by atoms with Gasteiger partial charge < -0.3 is 9.26 Å². The molecule has 1 saturated carbocycles. The Morgan fingerprint density at radius 1 is 1.11 bits per heavy atom. The van der Waals surface area contributed by atoms with Crippen molar-refractivity contribution in [1.82, 2.24) is 5.16 Å². The number of halogens is 3. The molecule has 0 spiro atoms. The van der Waals surface area contributed by atoms with E-state index in [2.05, 4.69) is 9.88 Å². The van der Waals surface area contributed by atoms with Crippen LogP contribution in [0.25, 0.3) is 11.0 Å². The molecule has 0 atom stereocenters. The van der Waals surface area contributed by atoms with Gasteiger partial charge in [-0.3, -0.25) is 4.72 Å². The predicted molar refractivity (Wildman–Crippen MR) is 105 cm³/mol. The third-order valence-corrected chi connectivity index (χ3v) is 7.04. The van der Waals surface area contributed by atoms with Gasteiger partial charge in [0.1, 0.15) is 12.4 Å². The minimum atomic E-state index is -3.44. The van der Waals surface area contributed by atoms with Crippen molar-refractivity contribution in [2.75, 3.05) is 4.72 Å². The van der Waals surface area contributed by atoms with E-state index in [1.165, 1.54) is 0 Å². The van der Waals surface area contributed by atoms with E-state index in [1.54, 1.807) is 30.3 Å². The third kappa shape index (κ3) is 3.96. The fourth-order valence-electron chi connectivity index (χ4n) is 2.51. The summed E-state index contributed by atoms with van der Waals surface area (Å²) < 4.78 is 37.6. The molecule has 2 aromatic carbocycles. The highest BCUT2D eigenvalue weighted by atomic mass is 35.5. The maximum atomic E-state index is 12.1. The van der Waals surface area contributed by atoms with Crippen LogP contribution < -0.4 is 9.46 Å². The van der Waals surface area contributed by atoms with Crippen molar-refractivity contribution in [2.45, 2.75) is 24.7 Å². The van der Waals surface area contributed by atoms with E-state index in [0.717, 1.165) is 0 Å². The number of nitrogens with zero attached hydrogens (tertiary/aromatic N) is 1. The summed E-state index contributed by atoms with van der Waals surface area (Å²) in [5.41, 5.74) is 1.06. The average Bonchev–Trinajstić information content (AvgIpc) is 3.41. The number of sulfonamides is 1. The number of rotatable bonds is 6. The molecule has 142 valence electrons. The zero-order valence-corrected chi connectivity index (χ0v) is 16.8.